The lowest BCUT2D eigenvalue weighted by Crippen LogP contribution is -2.15. The Morgan fingerprint density at radius 2 is 2.00 bits per heavy atom. The molecule has 5 nitrogen and oxygen atoms in total. The minimum Gasteiger partial charge on any atom is -0.384 e. The fourth-order valence-corrected chi connectivity index (χ4v) is 1.34. The van der Waals surface area contributed by atoms with Crippen molar-refractivity contribution in [2.45, 2.75) is 26.2 Å². The number of nitrogens with two attached hydrogens (primary N) is 1. The molecule has 0 aliphatic heterocycles. The van der Waals surface area contributed by atoms with Crippen LogP contribution in [-0.2, 0) is 5.41 Å². The Morgan fingerprint density at radius 3 is 2.56 bits per heavy atom. The Bertz CT molecular complexity index is 482. The van der Waals surface area contributed by atoms with Gasteiger partial charge in [-0.15, -0.1) is 0 Å². The van der Waals surface area contributed by atoms with Gasteiger partial charge in [0.25, 0.3) is 0 Å². The average Bonchev–Trinajstić information content (AvgIpc) is 2.68. The van der Waals surface area contributed by atoms with E-state index in [4.69, 9.17) is 5.73 Å². The molecule has 0 atom stereocenters. The molecule has 0 aromatic carbocycles. The van der Waals surface area contributed by atoms with Crippen molar-refractivity contribution >= 4 is 5.82 Å². The standard InChI is InChI=1S/C11H15N5/c1-11(2,3)7-6-8(12)16-10(15-7)9-13-4-5-14-9/h4-6H,1-3H3,(H,13,14)(H2,12,15,16). The minimum atomic E-state index is -0.0571. The van der Waals surface area contributed by atoms with Crippen LogP contribution >= 0.6 is 0 Å². The number of nitrogens with zero attached hydrogens (tertiary/aromatic N) is 3. The van der Waals surface area contributed by atoms with Gasteiger partial charge in [0.15, 0.2) is 11.6 Å². The third-order valence-corrected chi connectivity index (χ3v) is 2.22. The maximum atomic E-state index is 5.77. The molecule has 2 heterocycles. The molecule has 0 aliphatic rings. The van der Waals surface area contributed by atoms with Gasteiger partial charge in [0, 0.05) is 23.9 Å². The Morgan fingerprint density at radius 1 is 1.25 bits per heavy atom. The summed E-state index contributed by atoms with van der Waals surface area (Å²) in [7, 11) is 0. The quantitative estimate of drug-likeness (QED) is 0.762. The lowest BCUT2D eigenvalue weighted by molar-refractivity contribution is 0.568. The third kappa shape index (κ3) is 2.03. The van der Waals surface area contributed by atoms with Gasteiger partial charge in [0.2, 0.25) is 0 Å². The van der Waals surface area contributed by atoms with Crippen LogP contribution in [0.2, 0.25) is 0 Å². The van der Waals surface area contributed by atoms with Crippen molar-refractivity contribution in [1.82, 2.24) is 19.9 Å². The molecule has 0 amide bonds. The normalized spacial score (nSPS) is 11.7. The van der Waals surface area contributed by atoms with Crippen LogP contribution < -0.4 is 5.73 Å². The van der Waals surface area contributed by atoms with Crippen molar-refractivity contribution < 1.29 is 0 Å². The molecule has 0 fully saturated rings. The van der Waals surface area contributed by atoms with E-state index < -0.39 is 0 Å². The topological polar surface area (TPSA) is 80.5 Å². The summed E-state index contributed by atoms with van der Waals surface area (Å²) in [6.45, 7) is 6.25. The minimum absolute atomic E-state index is 0.0571. The van der Waals surface area contributed by atoms with E-state index in [0.29, 0.717) is 17.5 Å². The molecule has 0 saturated heterocycles. The number of hydrogen-bond acceptors (Lipinski definition) is 4. The predicted molar refractivity (Wildman–Crippen MR) is 62.7 cm³/mol. The largest absolute Gasteiger partial charge is 0.384 e. The van der Waals surface area contributed by atoms with Gasteiger partial charge in [-0.2, -0.15) is 0 Å². The molecule has 0 radical (unpaired) electrons. The third-order valence-electron chi connectivity index (χ3n) is 2.22. The molecule has 0 spiro atoms. The van der Waals surface area contributed by atoms with Crippen LogP contribution in [0.1, 0.15) is 26.5 Å². The van der Waals surface area contributed by atoms with Crippen molar-refractivity contribution in [2.75, 3.05) is 5.73 Å². The molecule has 5 heteroatoms. The summed E-state index contributed by atoms with van der Waals surface area (Å²) in [5.74, 6) is 1.64. The van der Waals surface area contributed by atoms with Gasteiger partial charge in [-0.3, -0.25) is 0 Å². The highest BCUT2D eigenvalue weighted by molar-refractivity contribution is 5.48. The molecule has 84 valence electrons. The van der Waals surface area contributed by atoms with Crippen molar-refractivity contribution in [1.29, 1.82) is 0 Å². The molecular weight excluding hydrogens is 202 g/mol. The van der Waals surface area contributed by atoms with E-state index >= 15 is 0 Å². The molecule has 2 rings (SSSR count). The Kier molecular flexibility index (Phi) is 2.38. The van der Waals surface area contributed by atoms with E-state index in [2.05, 4.69) is 40.7 Å². The van der Waals surface area contributed by atoms with E-state index in [0.717, 1.165) is 5.69 Å². The van der Waals surface area contributed by atoms with E-state index in [1.54, 1.807) is 18.5 Å². The van der Waals surface area contributed by atoms with Crippen molar-refractivity contribution in [3.05, 3.63) is 24.2 Å². The second-order valence-electron chi connectivity index (χ2n) is 4.69. The lowest BCUT2D eigenvalue weighted by Gasteiger charge is -2.18. The van der Waals surface area contributed by atoms with E-state index in [-0.39, 0.29) is 5.41 Å². The molecule has 0 unspecified atom stereocenters. The summed E-state index contributed by atoms with van der Waals surface area (Å²) in [4.78, 5) is 15.7. The zero-order valence-electron chi connectivity index (χ0n) is 9.65. The number of imidazole rings is 1. The monoisotopic (exact) mass is 217 g/mol. The van der Waals surface area contributed by atoms with Crippen LogP contribution in [0.25, 0.3) is 11.6 Å². The van der Waals surface area contributed by atoms with E-state index in [9.17, 15) is 0 Å². The maximum Gasteiger partial charge on any atom is 0.197 e. The van der Waals surface area contributed by atoms with Crippen LogP contribution in [0.5, 0.6) is 0 Å². The van der Waals surface area contributed by atoms with Gasteiger partial charge in [0.05, 0.1) is 5.69 Å². The second-order valence-corrected chi connectivity index (χ2v) is 4.69. The maximum absolute atomic E-state index is 5.77. The zero-order chi connectivity index (χ0) is 11.8. The SMILES string of the molecule is CC(C)(C)c1cc(N)nc(-c2ncc[nH]2)n1. The average molecular weight is 217 g/mol. The molecular formula is C11H15N5. The number of aromatic nitrogens is 4. The Labute approximate surface area is 94.2 Å². The van der Waals surface area contributed by atoms with Gasteiger partial charge >= 0.3 is 0 Å². The lowest BCUT2D eigenvalue weighted by atomic mass is 9.92. The summed E-state index contributed by atoms with van der Waals surface area (Å²) in [5.41, 5.74) is 6.62. The number of nitrogens with one attached hydrogen (secondary N) is 1. The van der Waals surface area contributed by atoms with Crippen LogP contribution in [0.4, 0.5) is 5.82 Å². The summed E-state index contributed by atoms with van der Waals surface area (Å²) < 4.78 is 0. The van der Waals surface area contributed by atoms with Gasteiger partial charge in [-0.1, -0.05) is 20.8 Å². The highest BCUT2D eigenvalue weighted by atomic mass is 15.0. The molecule has 16 heavy (non-hydrogen) atoms. The fourth-order valence-electron chi connectivity index (χ4n) is 1.34. The number of H-pyrrole nitrogens is 1. The first-order chi connectivity index (χ1) is 7.47. The summed E-state index contributed by atoms with van der Waals surface area (Å²) in [5, 5.41) is 0. The smallest absolute Gasteiger partial charge is 0.197 e. The van der Waals surface area contributed by atoms with Gasteiger partial charge < -0.3 is 10.7 Å². The summed E-state index contributed by atoms with van der Waals surface area (Å²) in [6.07, 6.45) is 3.40. The number of anilines is 1. The predicted octanol–water partition coefficient (Wildman–Crippen LogP) is 1.75. The summed E-state index contributed by atoms with van der Waals surface area (Å²) in [6, 6.07) is 1.80. The van der Waals surface area contributed by atoms with E-state index in [1.807, 2.05) is 0 Å². The highest BCUT2D eigenvalue weighted by Crippen LogP contribution is 2.23. The number of rotatable bonds is 1. The molecule has 2 aromatic heterocycles. The van der Waals surface area contributed by atoms with Crippen LogP contribution in [0, 0.1) is 0 Å². The Hall–Kier alpha value is -1.91. The zero-order valence-corrected chi connectivity index (χ0v) is 9.65. The van der Waals surface area contributed by atoms with Crippen molar-refractivity contribution in [3.63, 3.8) is 0 Å². The van der Waals surface area contributed by atoms with Gasteiger partial charge in [-0.05, 0) is 0 Å². The van der Waals surface area contributed by atoms with Crippen LogP contribution in [-0.4, -0.2) is 19.9 Å². The molecule has 0 saturated carbocycles. The second kappa shape index (κ2) is 3.59. The molecule has 2 aromatic rings. The first-order valence-electron chi connectivity index (χ1n) is 5.11. The Balaban J connectivity index is 2.53. The van der Waals surface area contributed by atoms with Crippen LogP contribution in [0.15, 0.2) is 18.5 Å². The molecule has 3 N–H and O–H groups in total. The number of aromatic amines is 1. The van der Waals surface area contributed by atoms with Crippen LogP contribution in [0.3, 0.4) is 0 Å². The summed E-state index contributed by atoms with van der Waals surface area (Å²) >= 11 is 0. The number of hydrogen-bond donors (Lipinski definition) is 2. The fraction of sp³-hybridized carbons (Fsp3) is 0.364. The van der Waals surface area contributed by atoms with E-state index in [1.165, 1.54) is 0 Å². The van der Waals surface area contributed by atoms with Gasteiger partial charge in [-0.25, -0.2) is 15.0 Å². The van der Waals surface area contributed by atoms with Gasteiger partial charge in [0.1, 0.15) is 5.82 Å². The first kappa shape index (κ1) is 10.6. The molecule has 0 bridgehead atoms. The molecule has 0 aliphatic carbocycles. The number of nitrogen functional groups attached to an aromatic ring is 1. The first-order valence-corrected chi connectivity index (χ1v) is 5.11. The van der Waals surface area contributed by atoms with Crippen molar-refractivity contribution in [3.8, 4) is 11.6 Å². The van der Waals surface area contributed by atoms with Crippen molar-refractivity contribution in [2.24, 2.45) is 0 Å². The highest BCUT2D eigenvalue weighted by Gasteiger charge is 2.18.